The number of carbonyl (C=O) groups excluding carboxylic acids is 3. The highest BCUT2D eigenvalue weighted by Gasteiger charge is 2.31. The number of aromatic nitrogens is 1. The van der Waals surface area contributed by atoms with Gasteiger partial charge in [0.25, 0.3) is 0 Å². The molecule has 2 heterocycles. The maximum Gasteiger partial charge on any atom is 0.302 e. The topological polar surface area (TPSA) is 110 Å². The Kier molecular flexibility index (Phi) is 27.2. The zero-order valence-electron chi connectivity index (χ0n) is 31.4. The van der Waals surface area contributed by atoms with Crippen LogP contribution in [-0.2, 0) is 29.8 Å². The summed E-state index contributed by atoms with van der Waals surface area (Å²) in [6.07, 6.45) is 9.21. The van der Waals surface area contributed by atoms with Crippen LogP contribution in [0.2, 0.25) is 0 Å². The van der Waals surface area contributed by atoms with Crippen LogP contribution in [0.15, 0.2) is 36.0 Å². The minimum atomic E-state index is -0.245. The summed E-state index contributed by atoms with van der Waals surface area (Å²) in [7, 11) is 1.35. The number of nitrogens with zero attached hydrogens (tertiary/aromatic N) is 2. The number of amides is 2. The standard InChI is InChI=1S/C20H34N2O2S.C11H10N2OS.C3H6O2.2C2H6/c1-4-5-13-25-24-18-10-12-22(15-18)19(23)14-20(2,3)16-21-11-6-7-17-8-9-17;14-7-12-5-9-1-3-10(4-2-9)11-6-13-8-15-11;1-3(4)5-2;2*1-2/h17-18,21H,4-5,8-16H2,1-3H3;1-4,6-8H,5H2,(H,12,14);1-2H3;2*1-2H3. The van der Waals surface area contributed by atoms with Crippen LogP contribution in [0.1, 0.15) is 99.5 Å². The van der Waals surface area contributed by atoms with Gasteiger partial charge < -0.3 is 24.5 Å². The molecule has 2 fully saturated rings. The lowest BCUT2D eigenvalue weighted by Gasteiger charge is -2.27. The van der Waals surface area contributed by atoms with Gasteiger partial charge >= 0.3 is 5.97 Å². The quantitative estimate of drug-likeness (QED) is 0.0671. The van der Waals surface area contributed by atoms with Crippen molar-refractivity contribution in [1.82, 2.24) is 20.5 Å². The fourth-order valence-corrected chi connectivity index (χ4v) is 5.64. The third-order valence-electron chi connectivity index (χ3n) is 6.96. The Labute approximate surface area is 305 Å². The Morgan fingerprint density at radius 1 is 1.14 bits per heavy atom. The Morgan fingerprint density at radius 2 is 1.82 bits per heavy atom. The van der Waals surface area contributed by atoms with Crippen LogP contribution >= 0.6 is 23.4 Å². The zero-order chi connectivity index (χ0) is 36.9. The summed E-state index contributed by atoms with van der Waals surface area (Å²) >= 11 is 3.18. The second kappa shape index (κ2) is 28.9. The summed E-state index contributed by atoms with van der Waals surface area (Å²) in [4.78, 5) is 39.4. The van der Waals surface area contributed by atoms with Gasteiger partial charge in [0.1, 0.15) is 0 Å². The zero-order valence-corrected chi connectivity index (χ0v) is 33.1. The molecule has 1 aliphatic carbocycles. The van der Waals surface area contributed by atoms with E-state index in [0.29, 0.717) is 25.3 Å². The molecule has 1 saturated heterocycles. The van der Waals surface area contributed by atoms with Crippen LogP contribution in [0.25, 0.3) is 10.4 Å². The van der Waals surface area contributed by atoms with Crippen LogP contribution < -0.4 is 10.6 Å². The van der Waals surface area contributed by atoms with Gasteiger partial charge in [-0.25, -0.2) is 0 Å². The van der Waals surface area contributed by atoms with Gasteiger partial charge in [0.15, 0.2) is 0 Å². The van der Waals surface area contributed by atoms with Crippen molar-refractivity contribution in [2.24, 2.45) is 11.3 Å². The van der Waals surface area contributed by atoms with Crippen molar-refractivity contribution < 1.29 is 23.3 Å². The van der Waals surface area contributed by atoms with E-state index >= 15 is 0 Å². The Balaban J connectivity index is 0.000000810. The van der Waals surface area contributed by atoms with Crippen LogP contribution in [0.3, 0.4) is 0 Å². The van der Waals surface area contributed by atoms with Gasteiger partial charge in [-0.3, -0.25) is 19.4 Å². The first-order valence-electron chi connectivity index (χ1n) is 17.6. The Morgan fingerprint density at radius 3 is 2.37 bits per heavy atom. The van der Waals surface area contributed by atoms with E-state index in [9.17, 15) is 14.4 Å². The molecule has 0 radical (unpaired) electrons. The number of hydrogen-bond donors (Lipinski definition) is 2. The van der Waals surface area contributed by atoms with E-state index < -0.39 is 0 Å². The first kappa shape index (κ1) is 46.1. The smallest absolute Gasteiger partial charge is 0.302 e. The summed E-state index contributed by atoms with van der Waals surface area (Å²) in [6, 6.07) is 8.09. The molecule has 1 unspecified atom stereocenters. The number of benzene rings is 1. The number of hydrogen-bond acceptors (Lipinski definition) is 9. The van der Waals surface area contributed by atoms with Gasteiger partial charge in [-0.2, -0.15) is 0 Å². The van der Waals surface area contributed by atoms with Crippen molar-refractivity contribution in [3.63, 3.8) is 0 Å². The molecule has 1 aromatic carbocycles. The molecule has 1 atom stereocenters. The molecule has 2 aromatic rings. The molecule has 276 valence electrons. The largest absolute Gasteiger partial charge is 0.469 e. The summed E-state index contributed by atoms with van der Waals surface area (Å²) < 4.78 is 9.94. The fraction of sp³-hybridized carbons (Fsp3) is 0.632. The molecule has 4 rings (SSSR count). The first-order valence-corrected chi connectivity index (χ1v) is 19.4. The summed E-state index contributed by atoms with van der Waals surface area (Å²) in [5.74, 6) is 8.15. The highest BCUT2D eigenvalue weighted by atomic mass is 32.2. The molecule has 2 amide bonds. The van der Waals surface area contributed by atoms with Crippen LogP contribution in [0.4, 0.5) is 0 Å². The third kappa shape index (κ3) is 23.2. The molecule has 2 aliphatic rings. The number of likely N-dealkylation sites (tertiary alicyclic amines) is 1. The number of unbranched alkanes of at least 4 members (excludes halogenated alkanes) is 1. The van der Waals surface area contributed by atoms with Gasteiger partial charge in [0.05, 0.1) is 30.1 Å². The van der Waals surface area contributed by atoms with E-state index in [4.69, 9.17) is 4.18 Å². The van der Waals surface area contributed by atoms with Crippen molar-refractivity contribution in [2.45, 2.75) is 107 Å². The fourth-order valence-electron chi connectivity index (χ4n) is 4.16. The van der Waals surface area contributed by atoms with E-state index in [1.165, 1.54) is 39.7 Å². The molecule has 1 aromatic heterocycles. The molecule has 11 heteroatoms. The maximum atomic E-state index is 12.6. The summed E-state index contributed by atoms with van der Waals surface area (Å²) in [6.45, 7) is 19.5. The monoisotopic (exact) mass is 718 g/mol. The van der Waals surface area contributed by atoms with E-state index in [0.717, 1.165) is 54.4 Å². The average molecular weight is 719 g/mol. The lowest BCUT2D eigenvalue weighted by atomic mass is 9.88. The molecule has 0 spiro atoms. The van der Waals surface area contributed by atoms with Gasteiger partial charge in [0.2, 0.25) is 12.3 Å². The maximum absolute atomic E-state index is 12.6. The molecule has 0 bridgehead atoms. The van der Waals surface area contributed by atoms with Crippen molar-refractivity contribution >= 4 is 41.7 Å². The van der Waals surface area contributed by atoms with Crippen LogP contribution in [-0.4, -0.2) is 73.3 Å². The summed E-state index contributed by atoms with van der Waals surface area (Å²) in [5.41, 5.74) is 4.02. The molecule has 9 nitrogen and oxygen atoms in total. The van der Waals surface area contributed by atoms with Crippen molar-refractivity contribution in [1.29, 1.82) is 0 Å². The predicted octanol–water partition coefficient (Wildman–Crippen LogP) is 7.76. The minimum absolute atomic E-state index is 0.0484. The number of thiazole rings is 1. The normalized spacial score (nSPS) is 14.4. The van der Waals surface area contributed by atoms with Gasteiger partial charge in [-0.15, -0.1) is 11.3 Å². The first-order chi connectivity index (χ1) is 23.7. The second-order valence-electron chi connectivity index (χ2n) is 11.8. The number of rotatable bonds is 14. The molecular formula is C38H62N4O5S2. The Hall–Kier alpha value is -2.91. The number of carbonyl (C=O) groups is 3. The highest BCUT2D eigenvalue weighted by Crippen LogP contribution is 2.27. The van der Waals surface area contributed by atoms with Crippen molar-refractivity contribution in [3.8, 4) is 22.3 Å². The van der Waals surface area contributed by atoms with Crippen LogP contribution in [0, 0.1) is 23.2 Å². The molecule has 1 saturated carbocycles. The van der Waals surface area contributed by atoms with Gasteiger partial charge in [0, 0.05) is 57.4 Å². The van der Waals surface area contributed by atoms with E-state index in [2.05, 4.69) is 53.0 Å². The van der Waals surface area contributed by atoms with Crippen molar-refractivity contribution in [3.05, 3.63) is 41.5 Å². The van der Waals surface area contributed by atoms with E-state index in [-0.39, 0.29) is 23.4 Å². The van der Waals surface area contributed by atoms with E-state index in [1.807, 2.05) is 68.6 Å². The van der Waals surface area contributed by atoms with Gasteiger partial charge in [-0.1, -0.05) is 91.0 Å². The molecule has 1 aliphatic heterocycles. The SMILES string of the molecule is CC.CC.CCCCSOC1CCN(C(=O)CC(C)(C)CNCC#CC2CC2)C1.COC(C)=O.O=CNCc1ccc(-c2cncs2)cc1. The van der Waals surface area contributed by atoms with Crippen molar-refractivity contribution in [2.75, 3.05) is 39.0 Å². The molecular weight excluding hydrogens is 657 g/mol. The highest BCUT2D eigenvalue weighted by molar-refractivity contribution is 7.94. The molecule has 2 N–H and O–H groups in total. The third-order valence-corrected chi connectivity index (χ3v) is 8.65. The number of esters is 1. The number of ether oxygens (including phenoxy) is 1. The van der Waals surface area contributed by atoms with Crippen LogP contribution in [0.5, 0.6) is 0 Å². The Bertz CT molecular complexity index is 1190. The predicted molar refractivity (Wildman–Crippen MR) is 206 cm³/mol. The lowest BCUT2D eigenvalue weighted by molar-refractivity contribution is -0.138. The summed E-state index contributed by atoms with van der Waals surface area (Å²) in [5, 5.41) is 6.01. The van der Waals surface area contributed by atoms with E-state index in [1.54, 1.807) is 23.4 Å². The second-order valence-corrected chi connectivity index (χ2v) is 13.5. The average Bonchev–Trinajstić information content (AvgIpc) is 3.54. The van der Waals surface area contributed by atoms with Gasteiger partial charge in [-0.05, 0) is 54.3 Å². The number of methoxy groups -OCH3 is 1. The molecule has 49 heavy (non-hydrogen) atoms. The number of nitrogens with one attached hydrogen (secondary N) is 2. The minimum Gasteiger partial charge on any atom is -0.469 e. The lowest BCUT2D eigenvalue weighted by Crippen LogP contribution is -2.37.